The van der Waals surface area contributed by atoms with Crippen LogP contribution in [-0.2, 0) is 14.4 Å². The first kappa shape index (κ1) is 31.9. The molecule has 3 amide bonds. The lowest BCUT2D eigenvalue weighted by molar-refractivity contribution is -0.131. The van der Waals surface area contributed by atoms with Crippen LogP contribution in [0.5, 0.6) is 5.75 Å². The molecule has 0 spiro atoms. The summed E-state index contributed by atoms with van der Waals surface area (Å²) in [5, 5.41) is 9.52. The molecule has 13 heteroatoms. The number of nitrogens with one attached hydrogen (secondary N) is 3. The van der Waals surface area contributed by atoms with Crippen molar-refractivity contribution < 1.29 is 23.5 Å². The molecule has 5 N–H and O–H groups in total. The van der Waals surface area contributed by atoms with Gasteiger partial charge in [-0.1, -0.05) is 30.9 Å². The summed E-state index contributed by atoms with van der Waals surface area (Å²) in [4.78, 5) is 48.7. The lowest BCUT2D eigenvalue weighted by atomic mass is 10.0. The van der Waals surface area contributed by atoms with Gasteiger partial charge in [-0.3, -0.25) is 19.3 Å². The number of piperidine rings is 1. The number of fused-ring (bicyclic) bond motifs is 1. The zero-order valence-electron chi connectivity index (χ0n) is 24.3. The smallest absolute Gasteiger partial charge is 0.247 e. The van der Waals surface area contributed by atoms with Crippen molar-refractivity contribution in [1.82, 2.24) is 20.2 Å². The second kappa shape index (κ2) is 14.9. The van der Waals surface area contributed by atoms with Crippen LogP contribution in [0.1, 0.15) is 51.4 Å². The van der Waals surface area contributed by atoms with Crippen molar-refractivity contribution in [2.24, 2.45) is 5.73 Å². The molecule has 230 valence electrons. The van der Waals surface area contributed by atoms with E-state index in [0.29, 0.717) is 59.5 Å². The minimum absolute atomic E-state index is 0.0416. The van der Waals surface area contributed by atoms with E-state index >= 15 is 0 Å². The SMILES string of the molecule is COc1cc2ncnc(Nc3ccc(F)c(Cl)c3)c2cc1NC(=O)[C@H](CCCCCC(N)=O)NC(=O)C1CCCCN1C. The Labute approximate surface area is 254 Å². The van der Waals surface area contributed by atoms with Gasteiger partial charge in [-0.25, -0.2) is 14.4 Å². The van der Waals surface area contributed by atoms with E-state index in [2.05, 4.69) is 25.9 Å². The summed E-state index contributed by atoms with van der Waals surface area (Å²) in [6.45, 7) is 0.818. The standard InChI is InChI=1S/C30H37ClFN7O4/c1-39-13-7-6-9-25(39)30(42)37-22(8-4-3-5-10-27(33)40)29(41)38-24-15-19-23(16-26(24)43-2)34-17-35-28(19)36-18-11-12-21(32)20(31)14-18/h11-12,14-17,22,25H,3-10,13H2,1-2H3,(H2,33,40)(H,37,42)(H,38,41)(H,34,35,36)/t22-,25?/m0/s1. The van der Waals surface area contributed by atoms with E-state index in [9.17, 15) is 18.8 Å². The Hall–Kier alpha value is -4.03. The molecule has 0 radical (unpaired) electrons. The van der Waals surface area contributed by atoms with Gasteiger partial charge in [0, 0.05) is 23.6 Å². The maximum atomic E-state index is 13.7. The molecule has 1 aliphatic rings. The quantitative estimate of drug-likeness (QED) is 0.205. The maximum absolute atomic E-state index is 13.7. The Morgan fingerprint density at radius 1 is 1.16 bits per heavy atom. The second-order valence-electron chi connectivity index (χ2n) is 10.7. The molecule has 2 aromatic carbocycles. The third-order valence-corrected chi connectivity index (χ3v) is 7.81. The molecule has 1 unspecified atom stereocenters. The first-order chi connectivity index (χ1) is 20.7. The van der Waals surface area contributed by atoms with E-state index in [1.165, 1.54) is 31.6 Å². The molecular formula is C30H37ClFN7O4. The van der Waals surface area contributed by atoms with Crippen molar-refractivity contribution in [2.45, 2.75) is 63.5 Å². The monoisotopic (exact) mass is 613 g/mol. The number of anilines is 3. The van der Waals surface area contributed by atoms with Crippen LogP contribution < -0.4 is 26.4 Å². The first-order valence-corrected chi connectivity index (χ1v) is 14.7. The van der Waals surface area contributed by atoms with Crippen LogP contribution in [0, 0.1) is 5.82 Å². The Morgan fingerprint density at radius 3 is 2.70 bits per heavy atom. The van der Waals surface area contributed by atoms with Gasteiger partial charge in [0.25, 0.3) is 0 Å². The van der Waals surface area contributed by atoms with E-state index in [1.807, 2.05) is 11.9 Å². The van der Waals surface area contributed by atoms with Crippen molar-refractivity contribution in [1.29, 1.82) is 0 Å². The van der Waals surface area contributed by atoms with Crippen LogP contribution in [0.15, 0.2) is 36.7 Å². The topological polar surface area (TPSA) is 152 Å². The Balaban J connectivity index is 1.57. The number of amides is 3. The van der Waals surface area contributed by atoms with Gasteiger partial charge in [-0.15, -0.1) is 0 Å². The molecule has 2 atom stereocenters. The molecule has 1 aliphatic heterocycles. The average molecular weight is 614 g/mol. The van der Waals surface area contributed by atoms with Gasteiger partial charge in [-0.2, -0.15) is 0 Å². The van der Waals surface area contributed by atoms with Crippen LogP contribution in [0.25, 0.3) is 10.9 Å². The minimum atomic E-state index is -0.817. The number of likely N-dealkylation sites (tertiary alicyclic amines) is 1. The summed E-state index contributed by atoms with van der Waals surface area (Å²) in [7, 11) is 3.39. The molecule has 0 aliphatic carbocycles. The van der Waals surface area contributed by atoms with E-state index in [0.717, 1.165) is 25.8 Å². The highest BCUT2D eigenvalue weighted by molar-refractivity contribution is 6.31. The fraction of sp³-hybridized carbons (Fsp3) is 0.433. The van der Waals surface area contributed by atoms with E-state index in [4.69, 9.17) is 22.1 Å². The summed E-state index contributed by atoms with van der Waals surface area (Å²) in [5.41, 5.74) is 6.67. The number of methoxy groups -OCH3 is 1. The predicted molar refractivity (Wildman–Crippen MR) is 164 cm³/mol. The number of likely N-dealkylation sites (N-methyl/N-ethyl adjacent to an activating group) is 1. The number of unbranched alkanes of at least 4 members (excludes halogenated alkanes) is 2. The van der Waals surface area contributed by atoms with Gasteiger partial charge in [0.05, 0.1) is 29.4 Å². The zero-order chi connectivity index (χ0) is 30.9. The van der Waals surface area contributed by atoms with Crippen molar-refractivity contribution in [3.63, 3.8) is 0 Å². The average Bonchev–Trinajstić information content (AvgIpc) is 2.98. The highest BCUT2D eigenvalue weighted by Gasteiger charge is 2.30. The molecule has 0 bridgehead atoms. The van der Waals surface area contributed by atoms with Crippen molar-refractivity contribution in [2.75, 3.05) is 31.3 Å². The molecule has 43 heavy (non-hydrogen) atoms. The third kappa shape index (κ3) is 8.51. The number of carbonyl (C=O) groups excluding carboxylic acids is 3. The Kier molecular flexibility index (Phi) is 11.1. The number of nitrogens with two attached hydrogens (primary N) is 1. The lowest BCUT2D eigenvalue weighted by Gasteiger charge is -2.32. The number of rotatable bonds is 13. The molecule has 0 saturated carbocycles. The number of aromatic nitrogens is 2. The molecule has 11 nitrogen and oxygen atoms in total. The van der Waals surface area contributed by atoms with Crippen LogP contribution in [0.2, 0.25) is 5.02 Å². The summed E-state index contributed by atoms with van der Waals surface area (Å²) in [5.74, 6) is -0.732. The van der Waals surface area contributed by atoms with Gasteiger partial charge in [0.1, 0.15) is 29.8 Å². The van der Waals surface area contributed by atoms with Crippen molar-refractivity contribution >= 4 is 57.4 Å². The zero-order valence-corrected chi connectivity index (χ0v) is 25.0. The summed E-state index contributed by atoms with van der Waals surface area (Å²) < 4.78 is 19.2. The van der Waals surface area contributed by atoms with Gasteiger partial charge in [-0.05, 0) is 63.5 Å². The summed E-state index contributed by atoms with van der Waals surface area (Å²) >= 11 is 5.95. The predicted octanol–water partition coefficient (Wildman–Crippen LogP) is 4.52. The van der Waals surface area contributed by atoms with Crippen LogP contribution in [0.4, 0.5) is 21.6 Å². The van der Waals surface area contributed by atoms with Gasteiger partial charge in [0.15, 0.2) is 0 Å². The molecule has 1 aromatic heterocycles. The van der Waals surface area contributed by atoms with E-state index < -0.39 is 17.8 Å². The van der Waals surface area contributed by atoms with E-state index in [1.54, 1.807) is 12.1 Å². The number of primary amides is 1. The minimum Gasteiger partial charge on any atom is -0.494 e. The van der Waals surface area contributed by atoms with Crippen molar-refractivity contribution in [3.8, 4) is 5.75 Å². The Bertz CT molecular complexity index is 1470. The second-order valence-corrected chi connectivity index (χ2v) is 11.1. The van der Waals surface area contributed by atoms with Crippen LogP contribution >= 0.6 is 11.6 Å². The number of hydrogen-bond donors (Lipinski definition) is 4. The normalized spacial score (nSPS) is 16.0. The largest absolute Gasteiger partial charge is 0.494 e. The maximum Gasteiger partial charge on any atom is 0.247 e. The molecular weight excluding hydrogens is 577 g/mol. The molecule has 4 rings (SSSR count). The molecule has 2 heterocycles. The van der Waals surface area contributed by atoms with Gasteiger partial charge in [0.2, 0.25) is 17.7 Å². The summed E-state index contributed by atoms with van der Waals surface area (Å²) in [6, 6.07) is 6.45. The molecule has 3 aromatic rings. The van der Waals surface area contributed by atoms with Crippen LogP contribution in [0.3, 0.4) is 0 Å². The highest BCUT2D eigenvalue weighted by atomic mass is 35.5. The number of halogens is 2. The fourth-order valence-corrected chi connectivity index (χ4v) is 5.33. The summed E-state index contributed by atoms with van der Waals surface area (Å²) in [6.07, 6.45) is 6.63. The van der Waals surface area contributed by atoms with Gasteiger partial charge >= 0.3 is 0 Å². The number of benzene rings is 2. The number of carbonyl (C=O) groups is 3. The highest BCUT2D eigenvalue weighted by Crippen LogP contribution is 2.34. The number of hydrogen-bond acceptors (Lipinski definition) is 8. The molecule has 1 fully saturated rings. The Morgan fingerprint density at radius 2 is 1.98 bits per heavy atom. The third-order valence-electron chi connectivity index (χ3n) is 7.52. The first-order valence-electron chi connectivity index (χ1n) is 14.3. The lowest BCUT2D eigenvalue weighted by Crippen LogP contribution is -2.53. The van der Waals surface area contributed by atoms with Crippen molar-refractivity contribution in [3.05, 3.63) is 47.5 Å². The molecule has 1 saturated heterocycles. The fourth-order valence-electron chi connectivity index (χ4n) is 5.15. The van der Waals surface area contributed by atoms with E-state index in [-0.39, 0.29) is 29.3 Å². The number of nitrogens with zero attached hydrogens (tertiary/aromatic N) is 3. The number of ether oxygens (including phenoxy) is 1. The van der Waals surface area contributed by atoms with Gasteiger partial charge < -0.3 is 26.4 Å². The van der Waals surface area contributed by atoms with Crippen LogP contribution in [-0.4, -0.2) is 65.4 Å².